The van der Waals surface area contributed by atoms with E-state index in [0.717, 1.165) is 13.1 Å². The van der Waals surface area contributed by atoms with Crippen molar-refractivity contribution >= 4 is 0 Å². The molecule has 2 saturated heterocycles. The molecule has 2 nitrogen and oxygen atoms in total. The Kier molecular flexibility index (Phi) is 3.90. The van der Waals surface area contributed by atoms with Crippen LogP contribution >= 0.6 is 0 Å². The van der Waals surface area contributed by atoms with Crippen LogP contribution < -0.4 is 5.32 Å². The summed E-state index contributed by atoms with van der Waals surface area (Å²) in [5, 5.41) is 3.54. The number of aryl methyl sites for hydroxylation is 1. The van der Waals surface area contributed by atoms with Crippen LogP contribution in [0.15, 0.2) is 24.3 Å². The van der Waals surface area contributed by atoms with Gasteiger partial charge in [-0.2, -0.15) is 0 Å². The zero-order valence-corrected chi connectivity index (χ0v) is 12.1. The molecular weight excluding hydrogens is 232 g/mol. The van der Waals surface area contributed by atoms with Crippen molar-refractivity contribution in [3.05, 3.63) is 35.4 Å². The summed E-state index contributed by atoms with van der Waals surface area (Å²) in [6, 6.07) is 9.22. The highest BCUT2D eigenvalue weighted by Crippen LogP contribution is 2.39. The van der Waals surface area contributed by atoms with Crippen LogP contribution in [0.1, 0.15) is 43.2 Å². The number of hydrogen-bond donors (Lipinski definition) is 1. The van der Waals surface area contributed by atoms with E-state index in [-0.39, 0.29) is 0 Å². The number of nitrogens with one attached hydrogen (secondary N) is 1. The Morgan fingerprint density at radius 3 is 2.47 bits per heavy atom. The van der Waals surface area contributed by atoms with Crippen LogP contribution in [0, 0.1) is 6.92 Å². The molecule has 2 heteroatoms. The van der Waals surface area contributed by atoms with Crippen molar-refractivity contribution in [2.75, 3.05) is 26.2 Å². The molecule has 0 atom stereocenters. The van der Waals surface area contributed by atoms with Crippen molar-refractivity contribution in [3.63, 3.8) is 0 Å². The van der Waals surface area contributed by atoms with E-state index in [2.05, 4.69) is 41.4 Å². The van der Waals surface area contributed by atoms with E-state index >= 15 is 0 Å². The van der Waals surface area contributed by atoms with E-state index in [1.165, 1.54) is 50.8 Å². The molecule has 0 amide bonds. The van der Waals surface area contributed by atoms with Crippen molar-refractivity contribution in [3.8, 4) is 0 Å². The summed E-state index contributed by atoms with van der Waals surface area (Å²) in [5.74, 6) is 0. The van der Waals surface area contributed by atoms with Crippen LogP contribution in [0.4, 0.5) is 0 Å². The molecule has 2 fully saturated rings. The maximum absolute atomic E-state index is 3.54. The molecule has 3 rings (SSSR count). The lowest BCUT2D eigenvalue weighted by atomic mass is 9.78. The van der Waals surface area contributed by atoms with Crippen LogP contribution in [0.25, 0.3) is 0 Å². The Labute approximate surface area is 117 Å². The Morgan fingerprint density at radius 1 is 1.05 bits per heavy atom. The fourth-order valence-electron chi connectivity index (χ4n) is 3.88. The highest BCUT2D eigenvalue weighted by atomic mass is 15.2. The minimum atomic E-state index is 0.303. The van der Waals surface area contributed by atoms with Crippen molar-refractivity contribution in [2.45, 2.75) is 44.6 Å². The second kappa shape index (κ2) is 5.64. The van der Waals surface area contributed by atoms with E-state index in [9.17, 15) is 0 Å². The molecule has 0 radical (unpaired) electrons. The molecule has 104 valence electrons. The molecular formula is C17H26N2. The minimum absolute atomic E-state index is 0.303. The predicted octanol–water partition coefficient (Wildman–Crippen LogP) is 3.06. The maximum atomic E-state index is 3.54. The van der Waals surface area contributed by atoms with Gasteiger partial charge in [0.15, 0.2) is 0 Å². The summed E-state index contributed by atoms with van der Waals surface area (Å²) < 4.78 is 0. The molecule has 0 saturated carbocycles. The number of likely N-dealkylation sites (tertiary alicyclic amines) is 1. The van der Waals surface area contributed by atoms with Gasteiger partial charge < -0.3 is 5.32 Å². The number of benzene rings is 1. The third-order valence-corrected chi connectivity index (χ3v) is 4.95. The van der Waals surface area contributed by atoms with Gasteiger partial charge in [0.25, 0.3) is 0 Å². The second-order valence-electron chi connectivity index (χ2n) is 6.20. The number of rotatable bonds is 2. The quantitative estimate of drug-likeness (QED) is 0.877. The van der Waals surface area contributed by atoms with Crippen LogP contribution in [-0.4, -0.2) is 31.1 Å². The van der Waals surface area contributed by atoms with E-state index in [0.29, 0.717) is 5.54 Å². The minimum Gasteiger partial charge on any atom is -0.317 e. The molecule has 0 bridgehead atoms. The van der Waals surface area contributed by atoms with Crippen molar-refractivity contribution in [1.82, 2.24) is 10.2 Å². The van der Waals surface area contributed by atoms with Gasteiger partial charge in [-0.15, -0.1) is 0 Å². The maximum Gasteiger partial charge on any atom is 0.0484 e. The smallest absolute Gasteiger partial charge is 0.0484 e. The zero-order valence-electron chi connectivity index (χ0n) is 12.1. The summed E-state index contributed by atoms with van der Waals surface area (Å²) in [7, 11) is 0. The Bertz CT molecular complexity index is 415. The molecule has 2 aliphatic rings. The second-order valence-corrected chi connectivity index (χ2v) is 6.20. The molecule has 1 aromatic rings. The van der Waals surface area contributed by atoms with Gasteiger partial charge in [0.1, 0.15) is 0 Å². The third kappa shape index (κ3) is 2.56. The zero-order chi connectivity index (χ0) is 13.1. The Hall–Kier alpha value is -0.860. The number of piperidine rings is 2. The van der Waals surface area contributed by atoms with E-state index < -0.39 is 0 Å². The van der Waals surface area contributed by atoms with Gasteiger partial charge in [-0.3, -0.25) is 4.90 Å². The number of hydrogen-bond acceptors (Lipinski definition) is 2. The molecule has 1 N–H and O–H groups in total. The first kappa shape index (κ1) is 13.1. The largest absolute Gasteiger partial charge is 0.317 e. The van der Waals surface area contributed by atoms with Crippen LogP contribution in [0.3, 0.4) is 0 Å². The monoisotopic (exact) mass is 258 g/mol. The van der Waals surface area contributed by atoms with Gasteiger partial charge in [0.05, 0.1) is 0 Å². The highest BCUT2D eigenvalue weighted by Gasteiger charge is 2.39. The van der Waals surface area contributed by atoms with Crippen LogP contribution in [0.2, 0.25) is 0 Å². The average molecular weight is 258 g/mol. The predicted molar refractivity (Wildman–Crippen MR) is 80.4 cm³/mol. The van der Waals surface area contributed by atoms with Gasteiger partial charge in [-0.25, -0.2) is 0 Å². The summed E-state index contributed by atoms with van der Waals surface area (Å²) in [6.45, 7) is 7.10. The first-order valence-electron chi connectivity index (χ1n) is 7.84. The van der Waals surface area contributed by atoms with Crippen LogP contribution in [-0.2, 0) is 5.54 Å². The summed E-state index contributed by atoms with van der Waals surface area (Å²) in [6.07, 6.45) is 6.69. The summed E-state index contributed by atoms with van der Waals surface area (Å²) in [5.41, 5.74) is 3.25. The summed E-state index contributed by atoms with van der Waals surface area (Å²) >= 11 is 0. The lowest BCUT2D eigenvalue weighted by Crippen LogP contribution is -2.53. The van der Waals surface area contributed by atoms with E-state index in [1.807, 2.05) is 0 Å². The molecule has 2 aliphatic heterocycles. The van der Waals surface area contributed by atoms with Crippen molar-refractivity contribution in [1.29, 1.82) is 0 Å². The summed E-state index contributed by atoms with van der Waals surface area (Å²) in [4.78, 5) is 2.78. The van der Waals surface area contributed by atoms with Gasteiger partial charge in [-0.05, 0) is 64.3 Å². The molecule has 0 unspecified atom stereocenters. The van der Waals surface area contributed by atoms with Gasteiger partial charge in [0.2, 0.25) is 0 Å². The normalized spacial score (nSPS) is 24.3. The fourth-order valence-corrected chi connectivity index (χ4v) is 3.88. The molecule has 0 spiro atoms. The van der Waals surface area contributed by atoms with E-state index in [4.69, 9.17) is 0 Å². The van der Waals surface area contributed by atoms with Gasteiger partial charge in [0, 0.05) is 5.54 Å². The molecule has 1 aromatic carbocycles. The highest BCUT2D eigenvalue weighted by molar-refractivity contribution is 5.30. The first-order valence-corrected chi connectivity index (χ1v) is 7.84. The van der Waals surface area contributed by atoms with Gasteiger partial charge >= 0.3 is 0 Å². The standard InChI is InChI=1S/C17H26N2/c1-15-6-5-7-16(14-15)17(8-10-18-11-9-17)19-12-3-2-4-13-19/h5-7,14,18H,2-4,8-13H2,1H3. The Morgan fingerprint density at radius 2 is 1.79 bits per heavy atom. The van der Waals surface area contributed by atoms with Gasteiger partial charge in [-0.1, -0.05) is 36.2 Å². The average Bonchev–Trinajstić information content (AvgIpc) is 2.49. The molecule has 19 heavy (non-hydrogen) atoms. The topological polar surface area (TPSA) is 15.3 Å². The van der Waals surface area contributed by atoms with Crippen molar-refractivity contribution < 1.29 is 0 Å². The molecule has 2 heterocycles. The molecule has 0 aromatic heterocycles. The van der Waals surface area contributed by atoms with Crippen molar-refractivity contribution in [2.24, 2.45) is 0 Å². The number of nitrogens with zero attached hydrogens (tertiary/aromatic N) is 1. The van der Waals surface area contributed by atoms with E-state index in [1.54, 1.807) is 5.56 Å². The van der Waals surface area contributed by atoms with Crippen LogP contribution in [0.5, 0.6) is 0 Å². The SMILES string of the molecule is Cc1cccc(C2(N3CCCCC3)CCNCC2)c1. The lowest BCUT2D eigenvalue weighted by Gasteiger charge is -2.49. The fraction of sp³-hybridized carbons (Fsp3) is 0.647. The third-order valence-electron chi connectivity index (χ3n) is 4.95. The molecule has 0 aliphatic carbocycles. The lowest BCUT2D eigenvalue weighted by molar-refractivity contribution is 0.0359. The Balaban J connectivity index is 1.95. The first-order chi connectivity index (χ1) is 9.31.